The van der Waals surface area contributed by atoms with Crippen LogP contribution >= 0.6 is 28.3 Å². The second-order valence-corrected chi connectivity index (χ2v) is 7.08. The number of phenols is 2. The Hall–Kier alpha value is -1.04. The Morgan fingerprint density at radius 2 is 1.90 bits per heavy atom. The predicted octanol–water partition coefficient (Wildman–Crippen LogP) is 3.60. The van der Waals surface area contributed by atoms with Crippen LogP contribution in [0.25, 0.3) is 0 Å². The lowest BCUT2D eigenvalue weighted by molar-refractivity contribution is 0.383. The van der Waals surface area contributed by atoms with Crippen LogP contribution in [0, 0.1) is 6.92 Å². The highest BCUT2D eigenvalue weighted by Gasteiger charge is 2.36. The number of thiophene rings is 1. The second-order valence-electron chi connectivity index (χ2n) is 5.79. The van der Waals surface area contributed by atoms with E-state index in [9.17, 15) is 10.2 Å². The van der Waals surface area contributed by atoms with Crippen LogP contribution in [-0.4, -0.2) is 16.3 Å². The standard InChI is InChI=1S/C16H17NO2S.BrH/c1-8-4-10-7-17-12-3-2-9-5-13(18)14(19)6-11(9)15(12)16(10)20-8;/h4-6,12,15,17-19H,2-3,7H2,1H3;1H/t12-,15-;/m1./s1. The van der Waals surface area contributed by atoms with Crippen molar-refractivity contribution in [3.8, 4) is 11.5 Å². The van der Waals surface area contributed by atoms with Gasteiger partial charge in [0.2, 0.25) is 0 Å². The molecule has 2 aliphatic rings. The van der Waals surface area contributed by atoms with Gasteiger partial charge in [0.05, 0.1) is 0 Å². The van der Waals surface area contributed by atoms with E-state index in [0.29, 0.717) is 12.0 Å². The van der Waals surface area contributed by atoms with Crippen molar-refractivity contribution in [2.75, 3.05) is 0 Å². The average molecular weight is 368 g/mol. The molecule has 21 heavy (non-hydrogen) atoms. The van der Waals surface area contributed by atoms with Crippen LogP contribution in [-0.2, 0) is 13.0 Å². The summed E-state index contributed by atoms with van der Waals surface area (Å²) in [5.74, 6) is 0.297. The van der Waals surface area contributed by atoms with Gasteiger partial charge in [0.1, 0.15) is 0 Å². The summed E-state index contributed by atoms with van der Waals surface area (Å²) in [6.07, 6.45) is 2.04. The molecule has 3 N–H and O–H groups in total. The van der Waals surface area contributed by atoms with Gasteiger partial charge in [-0.15, -0.1) is 28.3 Å². The Bertz CT molecular complexity index is 698. The zero-order valence-electron chi connectivity index (χ0n) is 11.7. The zero-order chi connectivity index (χ0) is 13.9. The summed E-state index contributed by atoms with van der Waals surface area (Å²) < 4.78 is 0. The Morgan fingerprint density at radius 3 is 2.71 bits per heavy atom. The summed E-state index contributed by atoms with van der Waals surface area (Å²) in [7, 11) is 0. The first kappa shape index (κ1) is 14.9. The van der Waals surface area contributed by atoms with E-state index < -0.39 is 0 Å². The third kappa shape index (κ3) is 2.28. The van der Waals surface area contributed by atoms with Crippen molar-refractivity contribution >= 4 is 28.3 Å². The number of benzene rings is 1. The number of nitrogens with one attached hydrogen (secondary N) is 1. The van der Waals surface area contributed by atoms with E-state index in [1.54, 1.807) is 12.1 Å². The number of aromatic hydroxyl groups is 2. The van der Waals surface area contributed by atoms with Crippen molar-refractivity contribution in [3.63, 3.8) is 0 Å². The van der Waals surface area contributed by atoms with Gasteiger partial charge < -0.3 is 15.5 Å². The lowest BCUT2D eigenvalue weighted by Gasteiger charge is -2.38. The summed E-state index contributed by atoms with van der Waals surface area (Å²) in [4.78, 5) is 2.77. The minimum atomic E-state index is -0.00944. The molecule has 0 spiro atoms. The molecule has 0 bridgehead atoms. The molecule has 4 rings (SSSR count). The first-order valence-electron chi connectivity index (χ1n) is 7.01. The number of rotatable bonds is 0. The lowest BCUT2D eigenvalue weighted by atomic mass is 9.75. The van der Waals surface area contributed by atoms with Crippen molar-refractivity contribution in [1.29, 1.82) is 0 Å². The maximum atomic E-state index is 9.85. The quantitative estimate of drug-likeness (QED) is 0.623. The molecule has 0 unspecified atom stereocenters. The largest absolute Gasteiger partial charge is 0.504 e. The van der Waals surface area contributed by atoms with Gasteiger partial charge in [-0.3, -0.25) is 0 Å². The monoisotopic (exact) mass is 367 g/mol. The van der Waals surface area contributed by atoms with E-state index in [0.717, 1.165) is 19.4 Å². The fraction of sp³-hybridized carbons (Fsp3) is 0.375. The molecule has 2 heterocycles. The molecule has 112 valence electrons. The summed E-state index contributed by atoms with van der Waals surface area (Å²) in [6, 6.07) is 6.19. The number of aryl methyl sites for hydroxylation is 2. The topological polar surface area (TPSA) is 52.5 Å². The molecule has 2 aromatic rings. The van der Waals surface area contributed by atoms with E-state index >= 15 is 0 Å². The Kier molecular flexibility index (Phi) is 3.76. The van der Waals surface area contributed by atoms with Crippen LogP contribution < -0.4 is 5.32 Å². The molecule has 0 saturated heterocycles. The molecular formula is C16H18BrNO2S. The Morgan fingerprint density at radius 1 is 1.14 bits per heavy atom. The fourth-order valence-corrected chi connectivity index (χ4v) is 4.84. The van der Waals surface area contributed by atoms with E-state index in [-0.39, 0.29) is 28.5 Å². The number of halogens is 1. The van der Waals surface area contributed by atoms with Crippen molar-refractivity contribution < 1.29 is 10.2 Å². The highest BCUT2D eigenvalue weighted by atomic mass is 79.9. The minimum Gasteiger partial charge on any atom is -0.504 e. The highest BCUT2D eigenvalue weighted by molar-refractivity contribution is 8.93. The molecule has 1 aliphatic carbocycles. The van der Waals surface area contributed by atoms with Crippen molar-refractivity contribution in [2.24, 2.45) is 0 Å². The lowest BCUT2D eigenvalue weighted by Crippen LogP contribution is -2.41. The minimum absolute atomic E-state index is 0. The van der Waals surface area contributed by atoms with Gasteiger partial charge in [-0.2, -0.15) is 0 Å². The van der Waals surface area contributed by atoms with E-state index in [1.165, 1.54) is 26.4 Å². The number of hydrogen-bond acceptors (Lipinski definition) is 4. The Balaban J connectivity index is 0.00000132. The predicted molar refractivity (Wildman–Crippen MR) is 89.9 cm³/mol. The van der Waals surface area contributed by atoms with Crippen LogP contribution in [0.4, 0.5) is 0 Å². The zero-order valence-corrected chi connectivity index (χ0v) is 14.2. The molecule has 1 aromatic heterocycles. The summed E-state index contributed by atoms with van der Waals surface area (Å²) in [5.41, 5.74) is 3.73. The molecular weight excluding hydrogens is 350 g/mol. The van der Waals surface area contributed by atoms with E-state index in [2.05, 4.69) is 18.3 Å². The summed E-state index contributed by atoms with van der Waals surface area (Å²) in [5, 5.41) is 23.2. The van der Waals surface area contributed by atoms with E-state index in [1.807, 2.05) is 11.3 Å². The van der Waals surface area contributed by atoms with Crippen molar-refractivity contribution in [1.82, 2.24) is 5.32 Å². The fourth-order valence-electron chi connectivity index (χ4n) is 3.61. The molecule has 1 aliphatic heterocycles. The third-order valence-electron chi connectivity index (χ3n) is 4.50. The molecule has 0 saturated carbocycles. The van der Waals surface area contributed by atoms with Gasteiger partial charge >= 0.3 is 0 Å². The normalized spacial score (nSPS) is 22.7. The van der Waals surface area contributed by atoms with Crippen LogP contribution in [0.3, 0.4) is 0 Å². The molecule has 0 radical (unpaired) electrons. The summed E-state index contributed by atoms with van der Waals surface area (Å²) in [6.45, 7) is 3.09. The van der Waals surface area contributed by atoms with Crippen molar-refractivity contribution in [2.45, 2.75) is 38.3 Å². The van der Waals surface area contributed by atoms with Crippen LogP contribution in [0.1, 0.15) is 38.8 Å². The molecule has 2 atom stereocenters. The SMILES string of the molecule is Br.Cc1cc2c(s1)[C@@H]1c3cc(O)c(O)cc3CC[C@H]1NC2. The first-order chi connectivity index (χ1) is 9.63. The number of hydrogen-bond donors (Lipinski definition) is 3. The molecule has 5 heteroatoms. The van der Waals surface area contributed by atoms with Gasteiger partial charge in [0.15, 0.2) is 11.5 Å². The number of fused-ring (bicyclic) bond motifs is 5. The highest BCUT2D eigenvalue weighted by Crippen LogP contribution is 2.46. The third-order valence-corrected chi connectivity index (χ3v) is 5.68. The maximum absolute atomic E-state index is 9.85. The van der Waals surface area contributed by atoms with E-state index in [4.69, 9.17) is 0 Å². The average Bonchev–Trinajstić information content (AvgIpc) is 2.80. The van der Waals surface area contributed by atoms with Crippen LogP contribution in [0.2, 0.25) is 0 Å². The van der Waals surface area contributed by atoms with Gasteiger partial charge in [0, 0.05) is 28.3 Å². The first-order valence-corrected chi connectivity index (χ1v) is 7.82. The van der Waals surface area contributed by atoms with Crippen LogP contribution in [0.5, 0.6) is 11.5 Å². The van der Waals surface area contributed by atoms with Gasteiger partial charge in [0.25, 0.3) is 0 Å². The molecule has 0 fully saturated rings. The second kappa shape index (κ2) is 5.30. The Labute approximate surface area is 138 Å². The van der Waals surface area contributed by atoms with Crippen molar-refractivity contribution in [3.05, 3.63) is 44.6 Å². The van der Waals surface area contributed by atoms with Gasteiger partial charge in [-0.05, 0) is 54.7 Å². The summed E-state index contributed by atoms with van der Waals surface area (Å²) >= 11 is 1.87. The van der Waals surface area contributed by atoms with Gasteiger partial charge in [-0.1, -0.05) is 0 Å². The molecule has 3 nitrogen and oxygen atoms in total. The van der Waals surface area contributed by atoms with Gasteiger partial charge in [-0.25, -0.2) is 0 Å². The van der Waals surface area contributed by atoms with Crippen LogP contribution in [0.15, 0.2) is 18.2 Å². The maximum Gasteiger partial charge on any atom is 0.157 e. The number of phenolic OH excluding ortho intramolecular Hbond substituents is 2. The smallest absolute Gasteiger partial charge is 0.157 e. The molecule has 1 aromatic carbocycles. The molecule has 0 amide bonds.